The number of rotatable bonds is 3. The molecule has 0 aromatic carbocycles. The quantitative estimate of drug-likeness (QED) is 0.894. The summed E-state index contributed by atoms with van der Waals surface area (Å²) in [7, 11) is 0. The summed E-state index contributed by atoms with van der Waals surface area (Å²) in [5.74, 6) is 2.32. The minimum Gasteiger partial charge on any atom is -0.355 e. The molecule has 1 aromatic heterocycles. The van der Waals surface area contributed by atoms with E-state index in [0.29, 0.717) is 6.54 Å². The number of nitrogens with two attached hydrogens (primary N) is 1. The fourth-order valence-corrected chi connectivity index (χ4v) is 3.32. The molecule has 2 heterocycles. The van der Waals surface area contributed by atoms with E-state index in [1.165, 1.54) is 12.2 Å². The van der Waals surface area contributed by atoms with E-state index in [1.807, 2.05) is 6.92 Å². The number of pyridine rings is 1. The van der Waals surface area contributed by atoms with Crippen molar-refractivity contribution in [3.05, 3.63) is 23.4 Å². The van der Waals surface area contributed by atoms with E-state index in [-0.39, 0.29) is 0 Å². The molecular weight excluding hydrogens is 230 g/mol. The normalized spacial score (nSPS) is 20.6. The zero-order valence-corrected chi connectivity index (χ0v) is 11.5. The van der Waals surface area contributed by atoms with Crippen LogP contribution in [0.15, 0.2) is 12.1 Å². The Morgan fingerprint density at radius 2 is 2.35 bits per heavy atom. The molecule has 2 rings (SSSR count). The Bertz CT molecular complexity index is 381. The van der Waals surface area contributed by atoms with Crippen molar-refractivity contribution in [1.82, 2.24) is 4.98 Å². The van der Waals surface area contributed by atoms with Crippen molar-refractivity contribution in [3.63, 3.8) is 0 Å². The highest BCUT2D eigenvalue weighted by atomic mass is 32.2. The van der Waals surface area contributed by atoms with E-state index < -0.39 is 0 Å². The molecule has 0 bridgehead atoms. The topological polar surface area (TPSA) is 42.1 Å². The zero-order valence-electron chi connectivity index (χ0n) is 10.6. The summed E-state index contributed by atoms with van der Waals surface area (Å²) >= 11 is 2.08. The average Bonchev–Trinajstić information content (AvgIpc) is 2.38. The van der Waals surface area contributed by atoms with Crippen molar-refractivity contribution in [2.24, 2.45) is 5.73 Å². The van der Waals surface area contributed by atoms with Crippen LogP contribution in [-0.2, 0) is 6.54 Å². The number of thioether (sulfide) groups is 1. The predicted octanol–water partition coefficient (Wildman–Crippen LogP) is 2.18. The molecule has 4 heteroatoms. The minimum absolute atomic E-state index is 0.576. The molecule has 3 nitrogen and oxygen atoms in total. The summed E-state index contributed by atoms with van der Waals surface area (Å²) in [5, 5.41) is 0.750. The van der Waals surface area contributed by atoms with Crippen LogP contribution in [0.1, 0.15) is 24.6 Å². The summed E-state index contributed by atoms with van der Waals surface area (Å²) < 4.78 is 0. The van der Waals surface area contributed by atoms with E-state index in [4.69, 9.17) is 5.73 Å². The Morgan fingerprint density at radius 3 is 3.00 bits per heavy atom. The Morgan fingerprint density at radius 1 is 1.53 bits per heavy atom. The lowest BCUT2D eigenvalue weighted by molar-refractivity contribution is 0.718. The molecule has 1 unspecified atom stereocenters. The van der Waals surface area contributed by atoms with Crippen LogP contribution < -0.4 is 10.6 Å². The molecule has 2 N–H and O–H groups in total. The first-order valence-electron chi connectivity index (χ1n) is 6.27. The first-order chi connectivity index (χ1) is 8.24. The summed E-state index contributed by atoms with van der Waals surface area (Å²) in [6.45, 7) is 7.11. The molecule has 1 aliphatic rings. The fourth-order valence-electron chi connectivity index (χ4n) is 2.14. The molecule has 17 heavy (non-hydrogen) atoms. The molecule has 1 saturated heterocycles. The highest BCUT2D eigenvalue weighted by Gasteiger charge is 2.20. The Labute approximate surface area is 108 Å². The molecule has 0 spiro atoms. The van der Waals surface area contributed by atoms with Gasteiger partial charge in [0.15, 0.2) is 0 Å². The fraction of sp³-hybridized carbons (Fsp3) is 0.615. The Kier molecular flexibility index (Phi) is 4.29. The van der Waals surface area contributed by atoms with E-state index in [0.717, 1.165) is 35.4 Å². The Balaban J connectivity index is 2.13. The molecule has 1 aliphatic heterocycles. The minimum atomic E-state index is 0.576. The second-order valence-electron chi connectivity index (χ2n) is 4.47. The van der Waals surface area contributed by atoms with Crippen LogP contribution >= 0.6 is 11.8 Å². The van der Waals surface area contributed by atoms with Gasteiger partial charge in [0, 0.05) is 36.3 Å². The highest BCUT2D eigenvalue weighted by Crippen LogP contribution is 2.25. The summed E-state index contributed by atoms with van der Waals surface area (Å²) in [6, 6.07) is 4.22. The molecular formula is C13H21N3S. The van der Waals surface area contributed by atoms with E-state index in [2.05, 4.69) is 40.7 Å². The first kappa shape index (κ1) is 12.7. The van der Waals surface area contributed by atoms with Gasteiger partial charge in [0.1, 0.15) is 5.82 Å². The van der Waals surface area contributed by atoms with Gasteiger partial charge in [-0.25, -0.2) is 4.98 Å². The Hall–Kier alpha value is -0.740. The average molecular weight is 251 g/mol. The van der Waals surface area contributed by atoms with Crippen LogP contribution in [0.5, 0.6) is 0 Å². The monoisotopic (exact) mass is 251 g/mol. The van der Waals surface area contributed by atoms with Crippen molar-refractivity contribution in [2.45, 2.75) is 32.1 Å². The van der Waals surface area contributed by atoms with Gasteiger partial charge in [-0.15, -0.1) is 0 Å². The number of aryl methyl sites for hydroxylation is 1. The number of hydrogen-bond acceptors (Lipinski definition) is 4. The maximum atomic E-state index is 5.67. The van der Waals surface area contributed by atoms with Crippen LogP contribution in [0.25, 0.3) is 0 Å². The first-order valence-corrected chi connectivity index (χ1v) is 7.32. The van der Waals surface area contributed by atoms with Gasteiger partial charge < -0.3 is 10.6 Å². The predicted molar refractivity (Wildman–Crippen MR) is 75.6 cm³/mol. The standard InChI is InChI=1S/C13H21N3S/c1-3-12-9-16(6-7-17-12)13-5-4-11(8-14)10(2)15-13/h4-5,12H,3,6-9,14H2,1-2H3. The van der Waals surface area contributed by atoms with E-state index >= 15 is 0 Å². The van der Waals surface area contributed by atoms with E-state index in [1.54, 1.807) is 0 Å². The van der Waals surface area contributed by atoms with Gasteiger partial charge >= 0.3 is 0 Å². The SMILES string of the molecule is CCC1CN(c2ccc(CN)c(C)n2)CCS1. The lowest BCUT2D eigenvalue weighted by Gasteiger charge is -2.33. The molecule has 1 aromatic rings. The van der Waals surface area contributed by atoms with Crippen LogP contribution in [0.2, 0.25) is 0 Å². The third-order valence-electron chi connectivity index (χ3n) is 3.32. The van der Waals surface area contributed by atoms with Crippen molar-refractivity contribution < 1.29 is 0 Å². The maximum absolute atomic E-state index is 5.67. The lowest BCUT2D eigenvalue weighted by Crippen LogP contribution is -2.38. The summed E-state index contributed by atoms with van der Waals surface area (Å²) in [4.78, 5) is 7.07. The van der Waals surface area contributed by atoms with Gasteiger partial charge in [-0.3, -0.25) is 0 Å². The van der Waals surface area contributed by atoms with Crippen molar-refractivity contribution in [3.8, 4) is 0 Å². The number of hydrogen-bond donors (Lipinski definition) is 1. The molecule has 94 valence electrons. The molecule has 0 aliphatic carbocycles. The van der Waals surface area contributed by atoms with E-state index in [9.17, 15) is 0 Å². The lowest BCUT2D eigenvalue weighted by atomic mass is 10.2. The van der Waals surface area contributed by atoms with Crippen molar-refractivity contribution >= 4 is 17.6 Å². The van der Waals surface area contributed by atoms with Gasteiger partial charge in [-0.1, -0.05) is 13.0 Å². The summed E-state index contributed by atoms with van der Waals surface area (Å²) in [6.07, 6.45) is 1.24. The maximum Gasteiger partial charge on any atom is 0.128 e. The zero-order chi connectivity index (χ0) is 12.3. The van der Waals surface area contributed by atoms with Crippen LogP contribution in [0, 0.1) is 6.92 Å². The second-order valence-corrected chi connectivity index (χ2v) is 5.87. The highest BCUT2D eigenvalue weighted by molar-refractivity contribution is 8.00. The third kappa shape index (κ3) is 2.93. The largest absolute Gasteiger partial charge is 0.355 e. The molecule has 0 amide bonds. The number of aromatic nitrogens is 1. The molecule has 1 atom stereocenters. The number of nitrogens with zero attached hydrogens (tertiary/aromatic N) is 2. The van der Waals surface area contributed by atoms with Gasteiger partial charge in [-0.2, -0.15) is 11.8 Å². The number of anilines is 1. The molecule has 0 radical (unpaired) electrons. The van der Waals surface area contributed by atoms with Gasteiger partial charge in [-0.05, 0) is 25.0 Å². The smallest absolute Gasteiger partial charge is 0.128 e. The molecule has 1 fully saturated rings. The molecule has 0 saturated carbocycles. The van der Waals surface area contributed by atoms with Gasteiger partial charge in [0.25, 0.3) is 0 Å². The van der Waals surface area contributed by atoms with Crippen molar-refractivity contribution in [1.29, 1.82) is 0 Å². The van der Waals surface area contributed by atoms with Gasteiger partial charge in [0.05, 0.1) is 0 Å². The summed E-state index contributed by atoms with van der Waals surface area (Å²) in [5.41, 5.74) is 7.88. The van der Waals surface area contributed by atoms with Crippen LogP contribution in [0.3, 0.4) is 0 Å². The van der Waals surface area contributed by atoms with Crippen LogP contribution in [0.4, 0.5) is 5.82 Å². The van der Waals surface area contributed by atoms with Gasteiger partial charge in [0.2, 0.25) is 0 Å². The third-order valence-corrected chi connectivity index (χ3v) is 4.69. The second kappa shape index (κ2) is 5.74. The van der Waals surface area contributed by atoms with Crippen LogP contribution in [-0.4, -0.2) is 29.1 Å². The van der Waals surface area contributed by atoms with Crippen molar-refractivity contribution in [2.75, 3.05) is 23.7 Å².